The molecule has 5 aromatic rings. The number of amides is 2. The Balaban J connectivity index is 1.18. The molecule has 44 heavy (non-hydrogen) atoms. The molecule has 4 aromatic carbocycles. The second-order valence-corrected chi connectivity index (χ2v) is 11.2. The van der Waals surface area contributed by atoms with Crippen LogP contribution in [0.1, 0.15) is 18.9 Å². The highest BCUT2D eigenvalue weighted by Crippen LogP contribution is 2.36. The Hall–Kier alpha value is -4.88. The molecule has 0 aliphatic carbocycles. The van der Waals surface area contributed by atoms with Crippen molar-refractivity contribution < 1.29 is 19.1 Å². The number of hydrogen-bond acceptors (Lipinski definition) is 5. The molecule has 1 unspecified atom stereocenters. The van der Waals surface area contributed by atoms with Gasteiger partial charge in [0.25, 0.3) is 0 Å². The van der Waals surface area contributed by atoms with Gasteiger partial charge in [-0.25, -0.2) is 14.4 Å². The maximum absolute atomic E-state index is 13.4. The van der Waals surface area contributed by atoms with Gasteiger partial charge in [-0.3, -0.25) is 4.79 Å². The second kappa shape index (κ2) is 13.2. The number of imide groups is 1. The first-order chi connectivity index (χ1) is 21.5. The van der Waals surface area contributed by atoms with Gasteiger partial charge >= 0.3 is 6.09 Å². The monoisotopic (exact) mass is 605 g/mol. The number of ether oxygens (including phenoxy) is 2. The van der Waals surface area contributed by atoms with Crippen molar-refractivity contribution in [2.75, 3.05) is 13.2 Å². The normalized spacial score (nSPS) is 15.2. The summed E-state index contributed by atoms with van der Waals surface area (Å²) < 4.78 is 13.4. The lowest BCUT2D eigenvalue weighted by molar-refractivity contribution is -0.133. The van der Waals surface area contributed by atoms with E-state index >= 15 is 0 Å². The van der Waals surface area contributed by atoms with Crippen LogP contribution in [0.2, 0.25) is 5.02 Å². The van der Waals surface area contributed by atoms with Crippen LogP contribution in [0.3, 0.4) is 0 Å². The zero-order valence-corrected chi connectivity index (χ0v) is 25.1. The molecule has 1 aliphatic rings. The van der Waals surface area contributed by atoms with Gasteiger partial charge in [0.1, 0.15) is 12.4 Å². The number of carbonyl (C=O) groups is 2. The van der Waals surface area contributed by atoms with Crippen LogP contribution in [0.4, 0.5) is 4.79 Å². The Morgan fingerprint density at radius 1 is 0.932 bits per heavy atom. The molecule has 6 rings (SSSR count). The van der Waals surface area contributed by atoms with Crippen LogP contribution in [-0.4, -0.2) is 45.9 Å². The predicted octanol–water partition coefficient (Wildman–Crippen LogP) is 7.85. The topological polar surface area (TPSA) is 73.7 Å². The molecule has 2 atom stereocenters. The lowest BCUT2D eigenvalue weighted by Gasteiger charge is -2.23. The molecule has 7 nitrogen and oxygen atoms in total. The molecule has 2 amide bonds. The molecular formula is C36H32ClN3O4. The van der Waals surface area contributed by atoms with Gasteiger partial charge in [0.2, 0.25) is 5.91 Å². The van der Waals surface area contributed by atoms with Crippen LogP contribution < -0.4 is 4.74 Å². The van der Waals surface area contributed by atoms with Crippen molar-refractivity contribution >= 4 is 23.6 Å². The highest BCUT2D eigenvalue weighted by Gasteiger charge is 2.39. The van der Waals surface area contributed by atoms with Crippen LogP contribution in [0.25, 0.3) is 28.2 Å². The van der Waals surface area contributed by atoms with E-state index in [4.69, 9.17) is 26.2 Å². The van der Waals surface area contributed by atoms with Crippen molar-refractivity contribution in [1.82, 2.24) is 14.7 Å². The molecule has 8 heteroatoms. The summed E-state index contributed by atoms with van der Waals surface area (Å²) in [5.41, 5.74) is 5.23. The number of hydrogen-bond donors (Lipinski definition) is 0. The van der Waals surface area contributed by atoms with Crippen molar-refractivity contribution in [3.05, 3.63) is 126 Å². The Kier molecular flexibility index (Phi) is 8.75. The number of benzene rings is 4. The van der Waals surface area contributed by atoms with Crippen molar-refractivity contribution in [3.63, 3.8) is 0 Å². The standard InChI is InChI=1S/C36H32ClN3O4/c1-25(35(41)39-28(24-44-36(39)42)22-26-12-4-2-5-13-26)20-21-43-34-19-11-9-17-30(34)32-23-33(29-16-8-10-18-31(29)37)40(38-32)27-14-6-3-7-15-27/h2-19,23,25,28H,20-22,24H2,1H3/t25?,28-/m1/s1. The van der Waals surface area contributed by atoms with Crippen LogP contribution in [0, 0.1) is 5.92 Å². The van der Waals surface area contributed by atoms with E-state index in [0.717, 1.165) is 33.8 Å². The van der Waals surface area contributed by atoms with Gasteiger partial charge in [-0.2, -0.15) is 5.10 Å². The molecule has 0 N–H and O–H groups in total. The quantitative estimate of drug-likeness (QED) is 0.162. The van der Waals surface area contributed by atoms with E-state index in [1.54, 1.807) is 0 Å². The van der Waals surface area contributed by atoms with Gasteiger partial charge in [-0.15, -0.1) is 0 Å². The summed E-state index contributed by atoms with van der Waals surface area (Å²) in [4.78, 5) is 27.2. The summed E-state index contributed by atoms with van der Waals surface area (Å²) in [5.74, 6) is -0.0374. The third kappa shape index (κ3) is 6.24. The van der Waals surface area contributed by atoms with Gasteiger partial charge < -0.3 is 9.47 Å². The Morgan fingerprint density at radius 3 is 2.34 bits per heavy atom. The first kappa shape index (κ1) is 29.2. The zero-order chi connectivity index (χ0) is 30.5. The summed E-state index contributed by atoms with van der Waals surface area (Å²) in [6.07, 6.45) is 0.399. The van der Waals surface area contributed by atoms with E-state index in [1.165, 1.54) is 4.90 Å². The van der Waals surface area contributed by atoms with Crippen molar-refractivity contribution in [1.29, 1.82) is 0 Å². The van der Waals surface area contributed by atoms with Gasteiger partial charge in [-0.05, 0) is 54.8 Å². The van der Waals surface area contributed by atoms with Crippen molar-refractivity contribution in [2.45, 2.75) is 25.8 Å². The fourth-order valence-corrected chi connectivity index (χ4v) is 5.65. The average molecular weight is 606 g/mol. The zero-order valence-electron chi connectivity index (χ0n) is 24.3. The molecule has 0 saturated carbocycles. The molecule has 0 bridgehead atoms. The van der Waals surface area contributed by atoms with Crippen molar-refractivity contribution in [3.8, 4) is 34.0 Å². The fourth-order valence-electron chi connectivity index (χ4n) is 5.42. The number of halogens is 1. The molecule has 222 valence electrons. The lowest BCUT2D eigenvalue weighted by atomic mass is 10.0. The third-order valence-electron chi connectivity index (χ3n) is 7.77. The number of rotatable bonds is 10. The largest absolute Gasteiger partial charge is 0.493 e. The van der Waals surface area contributed by atoms with E-state index < -0.39 is 12.0 Å². The third-order valence-corrected chi connectivity index (χ3v) is 8.10. The van der Waals surface area contributed by atoms with Crippen LogP contribution >= 0.6 is 11.6 Å². The highest BCUT2D eigenvalue weighted by atomic mass is 35.5. The molecule has 2 heterocycles. The van der Waals surface area contributed by atoms with Crippen LogP contribution in [-0.2, 0) is 16.0 Å². The van der Waals surface area contributed by atoms with Gasteiger partial charge in [0.05, 0.1) is 29.7 Å². The number of aromatic nitrogens is 2. The minimum Gasteiger partial charge on any atom is -0.493 e. The number of carbonyl (C=O) groups excluding carboxylic acids is 2. The first-order valence-corrected chi connectivity index (χ1v) is 15.0. The molecule has 1 fully saturated rings. The van der Waals surface area contributed by atoms with E-state index in [0.29, 0.717) is 23.6 Å². The Labute approximate surface area is 261 Å². The summed E-state index contributed by atoms with van der Waals surface area (Å²) in [5, 5.41) is 5.60. The highest BCUT2D eigenvalue weighted by molar-refractivity contribution is 6.33. The number of cyclic esters (lactones) is 1. The van der Waals surface area contributed by atoms with E-state index in [2.05, 4.69) is 0 Å². The van der Waals surface area contributed by atoms with Gasteiger partial charge in [-0.1, -0.05) is 97.4 Å². The van der Waals surface area contributed by atoms with Gasteiger partial charge in [0, 0.05) is 22.1 Å². The number of nitrogens with zero attached hydrogens (tertiary/aromatic N) is 3. The molecule has 1 aromatic heterocycles. The van der Waals surface area contributed by atoms with E-state index in [-0.39, 0.29) is 25.2 Å². The molecular weight excluding hydrogens is 574 g/mol. The minimum absolute atomic E-state index is 0.196. The van der Waals surface area contributed by atoms with Crippen LogP contribution in [0.5, 0.6) is 5.75 Å². The maximum atomic E-state index is 13.4. The Morgan fingerprint density at radius 2 is 1.59 bits per heavy atom. The molecule has 1 aliphatic heterocycles. The summed E-state index contributed by atoms with van der Waals surface area (Å²) >= 11 is 6.61. The van der Waals surface area contributed by atoms with Crippen LogP contribution in [0.15, 0.2) is 115 Å². The smallest absolute Gasteiger partial charge is 0.416 e. The average Bonchev–Trinajstić information content (AvgIpc) is 3.65. The van der Waals surface area contributed by atoms with E-state index in [1.807, 2.05) is 127 Å². The lowest BCUT2D eigenvalue weighted by Crippen LogP contribution is -2.43. The Bertz CT molecular complexity index is 1760. The summed E-state index contributed by atoms with van der Waals surface area (Å²) in [6.45, 7) is 2.30. The van der Waals surface area contributed by atoms with Crippen molar-refractivity contribution in [2.24, 2.45) is 5.92 Å². The fraction of sp³-hybridized carbons (Fsp3) is 0.194. The summed E-state index contributed by atoms with van der Waals surface area (Å²) in [6, 6.07) is 36.8. The van der Waals surface area contributed by atoms with Gasteiger partial charge in [0.15, 0.2) is 0 Å². The first-order valence-electron chi connectivity index (χ1n) is 14.7. The number of para-hydroxylation sites is 2. The molecule has 0 spiro atoms. The molecule has 0 radical (unpaired) electrons. The summed E-state index contributed by atoms with van der Waals surface area (Å²) in [7, 11) is 0. The van der Waals surface area contributed by atoms with E-state index in [9.17, 15) is 9.59 Å². The predicted molar refractivity (Wildman–Crippen MR) is 171 cm³/mol. The minimum atomic E-state index is -0.586. The SMILES string of the molecule is CC(CCOc1ccccc1-c1cc(-c2ccccc2Cl)n(-c2ccccc2)n1)C(=O)N1C(=O)OC[C@H]1Cc1ccccc1. The second-order valence-electron chi connectivity index (χ2n) is 10.8. The molecule has 1 saturated heterocycles. The maximum Gasteiger partial charge on any atom is 0.416 e.